The molecule has 7 nitrogen and oxygen atoms in total. The molecule has 0 aliphatic heterocycles. The van der Waals surface area contributed by atoms with Gasteiger partial charge in [-0.1, -0.05) is 6.07 Å². The van der Waals surface area contributed by atoms with E-state index in [2.05, 4.69) is 20.6 Å². The van der Waals surface area contributed by atoms with Gasteiger partial charge in [-0.25, -0.2) is 9.97 Å². The van der Waals surface area contributed by atoms with Crippen molar-refractivity contribution in [2.75, 3.05) is 5.32 Å². The number of aryl methyl sites for hydroxylation is 1. The zero-order chi connectivity index (χ0) is 18.0. The van der Waals surface area contributed by atoms with Gasteiger partial charge in [0.25, 0.3) is 11.8 Å². The molecule has 7 heteroatoms. The number of fused-ring (bicyclic) bond motifs is 1. The SMILES string of the molecule is Cc1ccc(NC(=O)c2cn3cccnc3n2)cc1C(=O)NC(C)C. The van der Waals surface area contributed by atoms with Gasteiger partial charge >= 0.3 is 0 Å². The summed E-state index contributed by atoms with van der Waals surface area (Å²) in [6, 6.07) is 7.02. The molecule has 0 saturated heterocycles. The highest BCUT2D eigenvalue weighted by atomic mass is 16.2. The average molecular weight is 337 g/mol. The maximum atomic E-state index is 12.4. The second kappa shape index (κ2) is 6.72. The standard InChI is InChI=1S/C18H19N5O2/c1-11(2)20-16(24)14-9-13(6-5-12(14)3)21-17(25)15-10-23-8-4-7-19-18(23)22-15/h4-11H,1-3H3,(H,20,24)(H,21,25). The van der Waals surface area contributed by atoms with Crippen LogP contribution in [0.3, 0.4) is 0 Å². The van der Waals surface area contributed by atoms with Gasteiger partial charge < -0.3 is 10.6 Å². The first-order valence-electron chi connectivity index (χ1n) is 7.96. The summed E-state index contributed by atoms with van der Waals surface area (Å²) in [4.78, 5) is 32.9. The Morgan fingerprint density at radius 2 is 2.00 bits per heavy atom. The van der Waals surface area contributed by atoms with Crippen molar-refractivity contribution in [3.05, 3.63) is 59.7 Å². The Morgan fingerprint density at radius 3 is 2.72 bits per heavy atom. The number of aromatic nitrogens is 3. The van der Waals surface area contributed by atoms with E-state index in [9.17, 15) is 9.59 Å². The van der Waals surface area contributed by atoms with E-state index < -0.39 is 0 Å². The van der Waals surface area contributed by atoms with Crippen molar-refractivity contribution in [3.8, 4) is 0 Å². The zero-order valence-corrected chi connectivity index (χ0v) is 14.3. The van der Waals surface area contributed by atoms with E-state index in [-0.39, 0.29) is 23.6 Å². The number of carbonyl (C=O) groups excluding carboxylic acids is 2. The molecule has 0 bridgehead atoms. The lowest BCUT2D eigenvalue weighted by molar-refractivity contribution is 0.0941. The number of imidazole rings is 1. The van der Waals surface area contributed by atoms with Gasteiger partial charge in [0.1, 0.15) is 5.69 Å². The Morgan fingerprint density at radius 1 is 1.20 bits per heavy atom. The Bertz CT molecular complexity index is 913. The van der Waals surface area contributed by atoms with Gasteiger partial charge in [-0.05, 0) is 44.5 Å². The molecule has 25 heavy (non-hydrogen) atoms. The Balaban J connectivity index is 1.82. The van der Waals surface area contributed by atoms with Gasteiger partial charge in [-0.2, -0.15) is 0 Å². The first kappa shape index (κ1) is 16.6. The van der Waals surface area contributed by atoms with Crippen LogP contribution in [-0.2, 0) is 0 Å². The van der Waals surface area contributed by atoms with E-state index in [0.29, 0.717) is 17.0 Å². The van der Waals surface area contributed by atoms with Crippen molar-refractivity contribution in [2.24, 2.45) is 0 Å². The van der Waals surface area contributed by atoms with Gasteiger partial charge in [0, 0.05) is 35.9 Å². The van der Waals surface area contributed by atoms with Crippen molar-refractivity contribution in [1.29, 1.82) is 0 Å². The highest BCUT2D eigenvalue weighted by Crippen LogP contribution is 2.16. The van der Waals surface area contributed by atoms with Gasteiger partial charge in [-0.3, -0.25) is 14.0 Å². The lowest BCUT2D eigenvalue weighted by Gasteiger charge is -2.12. The van der Waals surface area contributed by atoms with E-state index in [1.807, 2.05) is 20.8 Å². The van der Waals surface area contributed by atoms with E-state index >= 15 is 0 Å². The van der Waals surface area contributed by atoms with Crippen LogP contribution < -0.4 is 10.6 Å². The molecular formula is C18H19N5O2. The largest absolute Gasteiger partial charge is 0.350 e. The van der Waals surface area contributed by atoms with Crippen LogP contribution in [-0.4, -0.2) is 32.2 Å². The summed E-state index contributed by atoms with van der Waals surface area (Å²) in [5, 5.41) is 5.63. The summed E-state index contributed by atoms with van der Waals surface area (Å²) in [6.45, 7) is 5.65. The minimum atomic E-state index is -0.357. The topological polar surface area (TPSA) is 88.4 Å². The molecule has 0 atom stereocenters. The first-order valence-corrected chi connectivity index (χ1v) is 7.96. The Hall–Kier alpha value is -3.22. The number of anilines is 1. The molecule has 3 aromatic rings. The molecule has 2 aromatic heterocycles. The third-order valence-corrected chi connectivity index (χ3v) is 3.63. The normalized spacial score (nSPS) is 10.9. The fraction of sp³-hybridized carbons (Fsp3) is 0.222. The van der Waals surface area contributed by atoms with Crippen LogP contribution in [0.25, 0.3) is 5.78 Å². The molecule has 0 fully saturated rings. The highest BCUT2D eigenvalue weighted by molar-refractivity contribution is 6.04. The molecule has 0 radical (unpaired) electrons. The molecule has 3 rings (SSSR count). The minimum absolute atomic E-state index is 0.0376. The summed E-state index contributed by atoms with van der Waals surface area (Å²) in [5.74, 6) is -0.0707. The van der Waals surface area contributed by atoms with Gasteiger partial charge in [0.15, 0.2) is 0 Å². The monoisotopic (exact) mass is 337 g/mol. The zero-order valence-electron chi connectivity index (χ0n) is 14.3. The molecule has 0 aliphatic carbocycles. The first-order chi connectivity index (χ1) is 11.9. The lowest BCUT2D eigenvalue weighted by atomic mass is 10.1. The number of nitrogens with one attached hydrogen (secondary N) is 2. The molecular weight excluding hydrogens is 318 g/mol. The minimum Gasteiger partial charge on any atom is -0.350 e. The molecule has 128 valence electrons. The van der Waals surface area contributed by atoms with Crippen LogP contribution in [0, 0.1) is 6.92 Å². The molecule has 2 N–H and O–H groups in total. The average Bonchev–Trinajstić information content (AvgIpc) is 3.00. The summed E-state index contributed by atoms with van der Waals surface area (Å²) in [6.07, 6.45) is 4.99. The molecule has 0 spiro atoms. The molecule has 0 saturated carbocycles. The van der Waals surface area contributed by atoms with E-state index in [4.69, 9.17) is 0 Å². The fourth-order valence-electron chi connectivity index (χ4n) is 2.42. The number of hydrogen-bond acceptors (Lipinski definition) is 4. The lowest BCUT2D eigenvalue weighted by Crippen LogP contribution is -2.30. The van der Waals surface area contributed by atoms with E-state index in [0.717, 1.165) is 5.56 Å². The molecule has 0 aliphatic rings. The third kappa shape index (κ3) is 3.65. The Labute approximate surface area is 145 Å². The van der Waals surface area contributed by atoms with Crippen LogP contribution in [0.4, 0.5) is 5.69 Å². The van der Waals surface area contributed by atoms with Gasteiger partial charge in [-0.15, -0.1) is 0 Å². The van der Waals surface area contributed by atoms with Crippen LogP contribution in [0.5, 0.6) is 0 Å². The molecule has 2 heterocycles. The summed E-state index contributed by atoms with van der Waals surface area (Å²) < 4.78 is 1.67. The maximum absolute atomic E-state index is 12.4. The maximum Gasteiger partial charge on any atom is 0.275 e. The smallest absolute Gasteiger partial charge is 0.275 e. The van der Waals surface area contributed by atoms with Crippen LogP contribution >= 0.6 is 0 Å². The van der Waals surface area contributed by atoms with Gasteiger partial charge in [0.05, 0.1) is 0 Å². The van der Waals surface area contributed by atoms with Crippen molar-refractivity contribution in [3.63, 3.8) is 0 Å². The highest BCUT2D eigenvalue weighted by Gasteiger charge is 2.14. The molecule has 1 aromatic carbocycles. The Kier molecular flexibility index (Phi) is 4.47. The predicted octanol–water partition coefficient (Wildman–Crippen LogP) is 2.43. The fourth-order valence-corrected chi connectivity index (χ4v) is 2.42. The van der Waals surface area contributed by atoms with Gasteiger partial charge in [0.2, 0.25) is 5.78 Å². The molecule has 2 amide bonds. The summed E-state index contributed by atoms with van der Waals surface area (Å²) in [7, 11) is 0. The van der Waals surface area contributed by atoms with E-state index in [1.54, 1.807) is 47.3 Å². The quantitative estimate of drug-likeness (QED) is 0.765. The number of benzene rings is 1. The number of hydrogen-bond donors (Lipinski definition) is 2. The second-order valence-electron chi connectivity index (χ2n) is 6.07. The van der Waals surface area contributed by atoms with Crippen molar-refractivity contribution in [2.45, 2.75) is 26.8 Å². The number of amides is 2. The van der Waals surface area contributed by atoms with Crippen LogP contribution in [0.15, 0.2) is 42.9 Å². The predicted molar refractivity (Wildman–Crippen MR) is 94.7 cm³/mol. The van der Waals surface area contributed by atoms with E-state index in [1.165, 1.54) is 0 Å². The van der Waals surface area contributed by atoms with Crippen molar-refractivity contribution >= 4 is 23.3 Å². The summed E-state index contributed by atoms with van der Waals surface area (Å²) in [5.41, 5.74) is 2.17. The number of carbonyl (C=O) groups is 2. The number of nitrogens with zero attached hydrogens (tertiary/aromatic N) is 3. The number of rotatable bonds is 4. The van der Waals surface area contributed by atoms with Crippen molar-refractivity contribution in [1.82, 2.24) is 19.7 Å². The van der Waals surface area contributed by atoms with Crippen LogP contribution in [0.1, 0.15) is 40.3 Å². The van der Waals surface area contributed by atoms with Crippen LogP contribution in [0.2, 0.25) is 0 Å². The summed E-state index contributed by atoms with van der Waals surface area (Å²) >= 11 is 0. The molecule has 0 unspecified atom stereocenters. The third-order valence-electron chi connectivity index (χ3n) is 3.63. The second-order valence-corrected chi connectivity index (χ2v) is 6.07. The van der Waals surface area contributed by atoms with Crippen molar-refractivity contribution < 1.29 is 9.59 Å².